The summed E-state index contributed by atoms with van der Waals surface area (Å²) in [6.45, 7) is 3.39. The number of piperidine rings is 1. The summed E-state index contributed by atoms with van der Waals surface area (Å²) in [4.78, 5) is 6.94. The van der Waals surface area contributed by atoms with Gasteiger partial charge in [-0.15, -0.1) is 0 Å². The molecule has 1 aromatic carbocycles. The smallest absolute Gasteiger partial charge is 0.120 e. The number of nitrogens with one attached hydrogen (secondary N) is 1. The maximum Gasteiger partial charge on any atom is 0.120 e. The molecule has 0 unspecified atom stereocenters. The van der Waals surface area contributed by atoms with Crippen molar-refractivity contribution in [3.63, 3.8) is 0 Å². The number of pyridine rings is 1. The van der Waals surface area contributed by atoms with Crippen LogP contribution in [0.25, 0.3) is 0 Å². The Hall–Kier alpha value is -2.07. The second-order valence-electron chi connectivity index (χ2n) is 6.06. The van der Waals surface area contributed by atoms with Crippen LogP contribution in [-0.4, -0.2) is 42.7 Å². The first-order chi connectivity index (χ1) is 11.3. The largest absolute Gasteiger partial charge is 0.497 e. The molecule has 0 saturated carbocycles. The Morgan fingerprint density at radius 3 is 2.78 bits per heavy atom. The Balaban J connectivity index is 1.43. The molecule has 1 saturated heterocycles. The van der Waals surface area contributed by atoms with Crippen LogP contribution in [0.1, 0.15) is 18.5 Å². The molecule has 23 heavy (non-hydrogen) atoms. The van der Waals surface area contributed by atoms with Gasteiger partial charge in [0, 0.05) is 55.7 Å². The number of ether oxygens (including phenoxy) is 1. The average molecular weight is 311 g/mol. The molecule has 1 aliphatic rings. The van der Waals surface area contributed by atoms with Gasteiger partial charge in [-0.2, -0.15) is 0 Å². The third kappa shape index (κ3) is 4.70. The van der Waals surface area contributed by atoms with Crippen LogP contribution >= 0.6 is 0 Å². The summed E-state index contributed by atoms with van der Waals surface area (Å²) in [6.07, 6.45) is 5.27. The first kappa shape index (κ1) is 15.8. The number of benzene rings is 1. The van der Waals surface area contributed by atoms with Gasteiger partial charge >= 0.3 is 0 Å². The van der Waals surface area contributed by atoms with Crippen LogP contribution in [0.4, 0.5) is 5.69 Å². The third-order valence-electron chi connectivity index (χ3n) is 4.44. The van der Waals surface area contributed by atoms with Gasteiger partial charge in [0.05, 0.1) is 7.11 Å². The van der Waals surface area contributed by atoms with Crippen molar-refractivity contribution in [2.75, 3.05) is 32.1 Å². The lowest BCUT2D eigenvalue weighted by Gasteiger charge is -2.32. The van der Waals surface area contributed by atoms with E-state index in [0.717, 1.165) is 37.5 Å². The lowest BCUT2D eigenvalue weighted by atomic mass is 10.0. The van der Waals surface area contributed by atoms with Crippen LogP contribution in [0.15, 0.2) is 48.7 Å². The Morgan fingerprint density at radius 1 is 1.17 bits per heavy atom. The fourth-order valence-electron chi connectivity index (χ4n) is 3.07. The fourth-order valence-corrected chi connectivity index (χ4v) is 3.07. The van der Waals surface area contributed by atoms with Crippen molar-refractivity contribution in [3.8, 4) is 5.75 Å². The van der Waals surface area contributed by atoms with Gasteiger partial charge in [-0.25, -0.2) is 0 Å². The molecule has 0 atom stereocenters. The summed E-state index contributed by atoms with van der Waals surface area (Å²) in [5.41, 5.74) is 2.33. The van der Waals surface area contributed by atoms with E-state index in [4.69, 9.17) is 4.74 Å². The molecule has 1 aromatic heterocycles. The maximum absolute atomic E-state index is 5.28. The number of rotatable bonds is 6. The van der Waals surface area contributed by atoms with Crippen molar-refractivity contribution in [1.29, 1.82) is 0 Å². The van der Waals surface area contributed by atoms with Crippen molar-refractivity contribution in [2.24, 2.45) is 0 Å². The Kier molecular flexibility index (Phi) is 5.48. The first-order valence-corrected chi connectivity index (χ1v) is 8.36. The molecular weight excluding hydrogens is 286 g/mol. The van der Waals surface area contributed by atoms with Gasteiger partial charge < -0.3 is 15.0 Å². The first-order valence-electron chi connectivity index (χ1n) is 8.36. The maximum atomic E-state index is 5.28. The summed E-state index contributed by atoms with van der Waals surface area (Å²) in [7, 11) is 1.71. The summed E-state index contributed by atoms with van der Waals surface area (Å²) in [6, 6.07) is 14.9. The Morgan fingerprint density at radius 2 is 2.04 bits per heavy atom. The van der Waals surface area contributed by atoms with E-state index in [9.17, 15) is 0 Å². The van der Waals surface area contributed by atoms with Crippen LogP contribution < -0.4 is 10.1 Å². The van der Waals surface area contributed by atoms with Crippen molar-refractivity contribution in [1.82, 2.24) is 9.88 Å². The average Bonchev–Trinajstić information content (AvgIpc) is 2.62. The summed E-state index contributed by atoms with van der Waals surface area (Å²) in [5.74, 6) is 0.905. The van der Waals surface area contributed by atoms with Crippen molar-refractivity contribution in [3.05, 3.63) is 54.4 Å². The topological polar surface area (TPSA) is 37.4 Å². The number of likely N-dealkylation sites (tertiary alicyclic amines) is 1. The van der Waals surface area contributed by atoms with E-state index in [-0.39, 0.29) is 0 Å². The van der Waals surface area contributed by atoms with Gasteiger partial charge in [0.15, 0.2) is 0 Å². The molecule has 4 nitrogen and oxygen atoms in total. The number of anilines is 1. The predicted octanol–water partition coefficient (Wildman–Crippen LogP) is 3.21. The minimum absolute atomic E-state index is 0.549. The van der Waals surface area contributed by atoms with E-state index in [1.807, 2.05) is 24.4 Å². The lowest BCUT2D eigenvalue weighted by Crippen LogP contribution is -2.40. The quantitative estimate of drug-likeness (QED) is 0.889. The highest BCUT2D eigenvalue weighted by atomic mass is 16.5. The van der Waals surface area contributed by atoms with Gasteiger partial charge in [-0.05, 0) is 37.1 Å². The van der Waals surface area contributed by atoms with E-state index in [1.54, 1.807) is 7.11 Å². The molecule has 2 aromatic rings. The van der Waals surface area contributed by atoms with Gasteiger partial charge in [-0.1, -0.05) is 12.1 Å². The van der Waals surface area contributed by atoms with Gasteiger partial charge in [0.25, 0.3) is 0 Å². The van der Waals surface area contributed by atoms with E-state index in [0.29, 0.717) is 6.04 Å². The van der Waals surface area contributed by atoms with E-state index in [2.05, 4.69) is 39.5 Å². The van der Waals surface area contributed by atoms with Gasteiger partial charge in [0.2, 0.25) is 0 Å². The molecule has 0 aliphatic carbocycles. The minimum Gasteiger partial charge on any atom is -0.497 e. The monoisotopic (exact) mass is 311 g/mol. The molecule has 1 fully saturated rings. The number of aromatic nitrogens is 1. The standard InChI is InChI=1S/C19H25N3O/c1-23-19-7-4-6-18(15-19)21-17-9-13-22(14-10-17)12-8-16-5-2-3-11-20-16/h2-7,11,15,17,21H,8-10,12-14H2,1H3. The van der Waals surface area contributed by atoms with Crippen LogP contribution in [-0.2, 0) is 6.42 Å². The second-order valence-corrected chi connectivity index (χ2v) is 6.06. The van der Waals surface area contributed by atoms with Crippen molar-refractivity contribution in [2.45, 2.75) is 25.3 Å². The highest BCUT2D eigenvalue weighted by Gasteiger charge is 2.18. The van der Waals surface area contributed by atoms with Crippen molar-refractivity contribution < 1.29 is 4.74 Å². The van der Waals surface area contributed by atoms with E-state index in [1.165, 1.54) is 18.5 Å². The van der Waals surface area contributed by atoms with E-state index < -0.39 is 0 Å². The number of nitrogens with zero attached hydrogens (tertiary/aromatic N) is 2. The number of hydrogen-bond donors (Lipinski definition) is 1. The van der Waals surface area contributed by atoms with Crippen molar-refractivity contribution >= 4 is 5.69 Å². The summed E-state index contributed by atoms with van der Waals surface area (Å²) in [5, 5.41) is 3.63. The third-order valence-corrected chi connectivity index (χ3v) is 4.44. The van der Waals surface area contributed by atoms with Gasteiger partial charge in [0.1, 0.15) is 5.75 Å². The second kappa shape index (κ2) is 7.97. The SMILES string of the molecule is COc1cccc(NC2CCN(CCc3ccccn3)CC2)c1. The van der Waals surface area contributed by atoms with E-state index >= 15 is 0 Å². The molecule has 122 valence electrons. The molecule has 2 heterocycles. The molecule has 0 spiro atoms. The molecule has 3 rings (SSSR count). The summed E-state index contributed by atoms with van der Waals surface area (Å²) >= 11 is 0. The molecule has 1 N–H and O–H groups in total. The predicted molar refractivity (Wildman–Crippen MR) is 94.0 cm³/mol. The Labute approximate surface area is 138 Å². The molecule has 0 amide bonds. The number of hydrogen-bond acceptors (Lipinski definition) is 4. The molecular formula is C19H25N3O. The van der Waals surface area contributed by atoms with Crippen LogP contribution in [0.2, 0.25) is 0 Å². The van der Waals surface area contributed by atoms with Crippen LogP contribution in [0, 0.1) is 0 Å². The number of methoxy groups -OCH3 is 1. The molecule has 0 radical (unpaired) electrons. The minimum atomic E-state index is 0.549. The highest BCUT2D eigenvalue weighted by Crippen LogP contribution is 2.20. The zero-order chi connectivity index (χ0) is 15.9. The Bertz CT molecular complexity index is 595. The normalized spacial score (nSPS) is 16.2. The van der Waals surface area contributed by atoms with Crippen LogP contribution in [0.5, 0.6) is 5.75 Å². The van der Waals surface area contributed by atoms with Crippen LogP contribution in [0.3, 0.4) is 0 Å². The molecule has 1 aliphatic heterocycles. The zero-order valence-corrected chi connectivity index (χ0v) is 13.7. The van der Waals surface area contributed by atoms with Gasteiger partial charge in [-0.3, -0.25) is 4.98 Å². The zero-order valence-electron chi connectivity index (χ0n) is 13.7. The fraction of sp³-hybridized carbons (Fsp3) is 0.421. The lowest BCUT2D eigenvalue weighted by molar-refractivity contribution is 0.221. The summed E-state index contributed by atoms with van der Waals surface area (Å²) < 4.78 is 5.28. The molecule has 4 heteroatoms. The highest BCUT2D eigenvalue weighted by molar-refractivity contribution is 5.48. The molecule has 0 bridgehead atoms.